The molecular weight excluding hydrogens is 785 g/mol. The zero-order chi connectivity index (χ0) is 40.9. The van der Waals surface area contributed by atoms with E-state index in [1.54, 1.807) is 35.2 Å². The van der Waals surface area contributed by atoms with Crippen LogP contribution >= 0.6 is 11.6 Å². The fourth-order valence-corrected chi connectivity index (χ4v) is 7.51. The number of ether oxygens (including phenoxy) is 2. The Hall–Kier alpha value is -5.72. The minimum absolute atomic E-state index is 0.0343. The van der Waals surface area contributed by atoms with E-state index >= 15 is 0 Å². The number of rotatable bonds is 14. The first-order valence-corrected chi connectivity index (χ1v) is 19.1. The molecule has 2 fully saturated rings. The quantitative estimate of drug-likeness (QED) is 0.136. The molecule has 0 spiro atoms. The van der Waals surface area contributed by atoms with Crippen LogP contribution in [0.4, 0.5) is 40.7 Å². The Kier molecular flexibility index (Phi) is 12.4. The molecule has 15 nitrogen and oxygen atoms in total. The number of carbonyl (C=O) groups is 5. The number of nitrogens with one attached hydrogen (secondary N) is 4. The van der Waals surface area contributed by atoms with Crippen LogP contribution in [0.1, 0.15) is 45.5 Å². The molecular formula is C39H40ClF3N8O7. The molecule has 2 saturated heterocycles. The van der Waals surface area contributed by atoms with Crippen molar-refractivity contribution in [2.24, 2.45) is 4.99 Å². The van der Waals surface area contributed by atoms with Gasteiger partial charge in [-0.05, 0) is 55.3 Å². The number of amides is 6. The molecule has 4 N–H and O–H groups in total. The number of amidine groups is 1. The molecule has 0 bridgehead atoms. The van der Waals surface area contributed by atoms with Gasteiger partial charge in [0.2, 0.25) is 11.8 Å². The van der Waals surface area contributed by atoms with Crippen molar-refractivity contribution in [3.63, 3.8) is 0 Å². The zero-order valence-corrected chi connectivity index (χ0v) is 31.8. The normalized spacial score (nSPS) is 18.8. The first-order valence-electron chi connectivity index (χ1n) is 18.8. The summed E-state index contributed by atoms with van der Waals surface area (Å²) in [7, 11) is 0. The van der Waals surface area contributed by atoms with Gasteiger partial charge in [0.15, 0.2) is 0 Å². The molecule has 3 aromatic rings. The highest BCUT2D eigenvalue weighted by molar-refractivity contribution is 6.31. The average Bonchev–Trinajstić information content (AvgIpc) is 3.73. The predicted molar refractivity (Wildman–Crippen MR) is 207 cm³/mol. The lowest BCUT2D eigenvalue weighted by molar-refractivity contribution is -0.136. The van der Waals surface area contributed by atoms with E-state index in [1.807, 2.05) is 0 Å². The molecule has 6 amide bonds. The fraction of sp³-hybridized carbons (Fsp3) is 0.385. The number of hydrogen-bond donors (Lipinski definition) is 4. The first-order chi connectivity index (χ1) is 28.0. The molecule has 4 heterocycles. The maximum absolute atomic E-state index is 14.3. The van der Waals surface area contributed by atoms with Crippen LogP contribution in [0.15, 0.2) is 59.6 Å². The Morgan fingerprint density at radius 2 is 1.71 bits per heavy atom. The number of benzene rings is 3. The molecule has 0 aromatic heterocycles. The summed E-state index contributed by atoms with van der Waals surface area (Å²) in [6.07, 6.45) is -2.00. The number of alkyl halides is 2. The van der Waals surface area contributed by atoms with Crippen molar-refractivity contribution in [1.29, 1.82) is 0 Å². The van der Waals surface area contributed by atoms with E-state index in [2.05, 4.69) is 26.3 Å². The summed E-state index contributed by atoms with van der Waals surface area (Å²) in [6, 6.07) is 11.9. The van der Waals surface area contributed by atoms with Crippen LogP contribution in [0.5, 0.6) is 0 Å². The van der Waals surface area contributed by atoms with Gasteiger partial charge in [0.25, 0.3) is 18.2 Å². The Labute approximate surface area is 335 Å². The van der Waals surface area contributed by atoms with Gasteiger partial charge in [-0.15, -0.1) is 0 Å². The highest BCUT2D eigenvalue weighted by Gasteiger charge is 2.45. The second-order valence-corrected chi connectivity index (χ2v) is 14.3. The lowest BCUT2D eigenvalue weighted by Gasteiger charge is -2.27. The summed E-state index contributed by atoms with van der Waals surface area (Å²) in [4.78, 5) is 71.7. The van der Waals surface area contributed by atoms with Crippen LogP contribution in [-0.2, 0) is 19.1 Å². The zero-order valence-electron chi connectivity index (χ0n) is 31.1. The Balaban J connectivity index is 0.819. The van der Waals surface area contributed by atoms with Gasteiger partial charge in [-0.2, -0.15) is 0 Å². The molecule has 4 aliphatic heterocycles. The molecule has 7 rings (SSSR count). The summed E-state index contributed by atoms with van der Waals surface area (Å²) in [6.45, 7) is 1.71. The molecule has 1 unspecified atom stereocenters. The second kappa shape index (κ2) is 17.8. The third kappa shape index (κ3) is 8.88. The number of hydrogen-bond acceptors (Lipinski definition) is 11. The summed E-state index contributed by atoms with van der Waals surface area (Å²) < 4.78 is 53.0. The van der Waals surface area contributed by atoms with E-state index in [4.69, 9.17) is 21.1 Å². The van der Waals surface area contributed by atoms with Crippen molar-refractivity contribution < 1.29 is 46.6 Å². The van der Waals surface area contributed by atoms with Gasteiger partial charge in [0, 0.05) is 61.0 Å². The van der Waals surface area contributed by atoms with Crippen LogP contribution in [0.25, 0.3) is 0 Å². The number of fused-ring (bicyclic) bond motifs is 3. The molecule has 0 aliphatic carbocycles. The Bertz CT molecular complexity index is 2140. The van der Waals surface area contributed by atoms with Crippen LogP contribution in [0, 0.1) is 5.82 Å². The summed E-state index contributed by atoms with van der Waals surface area (Å²) in [5, 5.41) is 11.8. The molecule has 2 atom stereocenters. The van der Waals surface area contributed by atoms with Crippen LogP contribution in [-0.4, -0.2) is 123 Å². The Morgan fingerprint density at radius 3 is 2.48 bits per heavy atom. The first kappa shape index (κ1) is 40.5. The number of urea groups is 1. The largest absolute Gasteiger partial charge is 0.382 e. The third-order valence-electron chi connectivity index (χ3n) is 10.0. The van der Waals surface area contributed by atoms with E-state index in [0.29, 0.717) is 59.5 Å². The van der Waals surface area contributed by atoms with Crippen LogP contribution < -0.4 is 26.2 Å². The summed E-state index contributed by atoms with van der Waals surface area (Å²) in [5.41, 5.74) is 2.18. The number of halogens is 4. The highest BCUT2D eigenvalue weighted by Crippen LogP contribution is 2.41. The van der Waals surface area contributed by atoms with Crippen molar-refractivity contribution in [1.82, 2.24) is 25.8 Å². The van der Waals surface area contributed by atoms with Gasteiger partial charge in [0.05, 0.1) is 61.2 Å². The number of piperidine rings is 1. The molecule has 19 heteroatoms. The molecule has 306 valence electrons. The third-order valence-corrected chi connectivity index (χ3v) is 10.3. The van der Waals surface area contributed by atoms with Crippen molar-refractivity contribution in [3.8, 4) is 0 Å². The second-order valence-electron chi connectivity index (χ2n) is 13.9. The van der Waals surface area contributed by atoms with E-state index < -0.39 is 48.5 Å². The van der Waals surface area contributed by atoms with Gasteiger partial charge >= 0.3 is 6.03 Å². The number of carbonyl (C=O) groups excluding carboxylic acids is 5. The summed E-state index contributed by atoms with van der Waals surface area (Å²) >= 11 is 6.32. The SMILES string of the molecule is O=C1CCC(N2C(=O)c3cccc(NCCOCCOCCNC(=O)N4CC[C@H](NC5=Nc6cc(F)ccc6N(CC(F)F)c6ccc(Cl)cc65)C4)c3C2=O)C(=O)N1. The van der Waals surface area contributed by atoms with Crippen molar-refractivity contribution in [2.45, 2.75) is 37.8 Å². The highest BCUT2D eigenvalue weighted by atomic mass is 35.5. The van der Waals surface area contributed by atoms with Crippen molar-refractivity contribution in [2.75, 3.05) is 69.4 Å². The molecule has 58 heavy (non-hydrogen) atoms. The lowest BCUT2D eigenvalue weighted by Crippen LogP contribution is -2.54. The average molecular weight is 825 g/mol. The molecule has 4 aliphatic rings. The van der Waals surface area contributed by atoms with Gasteiger partial charge in [0.1, 0.15) is 17.7 Å². The maximum Gasteiger partial charge on any atom is 0.317 e. The van der Waals surface area contributed by atoms with E-state index in [0.717, 1.165) is 4.90 Å². The number of aliphatic imine (C=N–C) groups is 1. The van der Waals surface area contributed by atoms with Crippen LogP contribution in [0.2, 0.25) is 5.02 Å². The van der Waals surface area contributed by atoms with E-state index in [1.165, 1.54) is 29.2 Å². The van der Waals surface area contributed by atoms with E-state index in [9.17, 15) is 37.1 Å². The van der Waals surface area contributed by atoms with Gasteiger partial charge in [-0.3, -0.25) is 29.4 Å². The minimum Gasteiger partial charge on any atom is -0.382 e. The number of nitrogens with zero attached hydrogens (tertiary/aromatic N) is 4. The van der Waals surface area contributed by atoms with Crippen molar-refractivity contribution >= 4 is 69.8 Å². The molecule has 0 radical (unpaired) electrons. The standard InChI is InChI=1S/C39H40ClF3N8O7/c40-22-4-6-29-26(18-22)35(47-28-19-23(41)5-7-30(28)50(29)21-32(42)43)46-24-10-13-49(20-24)39(56)45-12-15-58-17-16-57-14-11-44-27-3-1-2-25-34(27)38(55)51(37(25)54)31-8-9-33(52)48-36(31)53/h1-7,18-19,24,31-32,44H,8-17,20-21H2,(H,45,56)(H,46,47)(H,48,52,53)/t24-,31?/m0/s1. The van der Waals surface area contributed by atoms with E-state index in [-0.39, 0.29) is 74.7 Å². The predicted octanol–water partition coefficient (Wildman–Crippen LogP) is 4.19. The Morgan fingerprint density at radius 1 is 0.931 bits per heavy atom. The molecule has 3 aromatic carbocycles. The number of anilines is 3. The minimum atomic E-state index is -2.68. The fourth-order valence-electron chi connectivity index (χ4n) is 7.34. The van der Waals surface area contributed by atoms with Crippen molar-refractivity contribution in [3.05, 3.63) is 82.1 Å². The number of imide groups is 2. The molecule has 0 saturated carbocycles. The smallest absolute Gasteiger partial charge is 0.317 e. The van der Waals surface area contributed by atoms with Gasteiger partial charge in [-0.1, -0.05) is 17.7 Å². The van der Waals surface area contributed by atoms with Crippen LogP contribution in [0.3, 0.4) is 0 Å². The number of likely N-dealkylation sites (tertiary alicyclic amines) is 1. The topological polar surface area (TPSA) is 174 Å². The monoisotopic (exact) mass is 824 g/mol. The van der Waals surface area contributed by atoms with Gasteiger partial charge < -0.3 is 35.2 Å². The lowest BCUT2D eigenvalue weighted by atomic mass is 10.0. The maximum atomic E-state index is 14.3. The summed E-state index contributed by atoms with van der Waals surface area (Å²) in [5.74, 6) is -2.54. The van der Waals surface area contributed by atoms with Gasteiger partial charge in [-0.25, -0.2) is 23.0 Å².